The molecule has 0 heterocycles. The van der Waals surface area contributed by atoms with Gasteiger partial charge >= 0.3 is 0 Å². The first-order valence-electron chi connectivity index (χ1n) is 5.98. The van der Waals surface area contributed by atoms with E-state index in [4.69, 9.17) is 4.74 Å². The van der Waals surface area contributed by atoms with E-state index in [0.717, 1.165) is 17.0 Å². The van der Waals surface area contributed by atoms with Crippen LogP contribution in [-0.2, 0) is 0 Å². The zero-order valence-electron chi connectivity index (χ0n) is 11.0. The predicted octanol–water partition coefficient (Wildman–Crippen LogP) is 3.65. The van der Waals surface area contributed by atoms with E-state index in [1.54, 1.807) is 32.4 Å². The van der Waals surface area contributed by atoms with E-state index in [0.29, 0.717) is 5.56 Å². The van der Waals surface area contributed by atoms with Crippen molar-refractivity contribution in [2.75, 3.05) is 7.11 Å². The number of ether oxygens (including phenoxy) is 1. The van der Waals surface area contributed by atoms with Gasteiger partial charge in [-0.15, -0.1) is 0 Å². The van der Waals surface area contributed by atoms with Gasteiger partial charge in [0.05, 0.1) is 12.8 Å². The second-order valence-electron chi connectivity index (χ2n) is 4.14. The minimum absolute atomic E-state index is 0.0586. The number of hydrogen-bond donors (Lipinski definition) is 0. The first-order chi connectivity index (χ1) is 9.19. The van der Waals surface area contributed by atoms with E-state index >= 15 is 0 Å². The van der Waals surface area contributed by atoms with Gasteiger partial charge < -0.3 is 4.74 Å². The Morgan fingerprint density at radius 3 is 2.53 bits per heavy atom. The van der Waals surface area contributed by atoms with Crippen molar-refractivity contribution >= 4 is 17.7 Å². The summed E-state index contributed by atoms with van der Waals surface area (Å²) in [5, 5.41) is 0. The summed E-state index contributed by atoms with van der Waals surface area (Å²) in [5.74, 6) is 0.860. The number of methoxy groups -OCH3 is 1. The summed E-state index contributed by atoms with van der Waals surface area (Å²) in [5.41, 5.74) is 2.48. The molecule has 0 amide bonds. The van der Waals surface area contributed by atoms with Crippen molar-refractivity contribution in [2.24, 2.45) is 4.99 Å². The second kappa shape index (κ2) is 5.96. The Bertz CT molecular complexity index is 600. The lowest BCUT2D eigenvalue weighted by atomic mass is 10.1. The molecule has 0 atom stereocenters. The Hall–Kier alpha value is -2.42. The van der Waals surface area contributed by atoms with Crippen molar-refractivity contribution in [3.63, 3.8) is 0 Å². The summed E-state index contributed by atoms with van der Waals surface area (Å²) in [6.45, 7) is 1.55. The molecule has 0 aromatic heterocycles. The fraction of sp³-hybridized carbons (Fsp3) is 0.125. The zero-order valence-corrected chi connectivity index (χ0v) is 11.0. The highest BCUT2D eigenvalue weighted by atomic mass is 16.5. The Morgan fingerprint density at radius 1 is 1.16 bits per heavy atom. The van der Waals surface area contributed by atoms with Crippen LogP contribution in [0.25, 0.3) is 0 Å². The Kier molecular flexibility index (Phi) is 4.08. The number of carbonyl (C=O) groups is 1. The van der Waals surface area contributed by atoms with Gasteiger partial charge in [0.15, 0.2) is 5.78 Å². The maximum Gasteiger partial charge on any atom is 0.159 e. The number of carbonyl (C=O) groups excluding carboxylic acids is 1. The Balaban J connectivity index is 2.15. The number of nitrogens with zero attached hydrogens (tertiary/aromatic N) is 1. The molecule has 2 aromatic rings. The second-order valence-corrected chi connectivity index (χ2v) is 4.14. The van der Waals surface area contributed by atoms with E-state index in [1.165, 1.54) is 0 Å². The molecule has 0 N–H and O–H groups in total. The fourth-order valence-corrected chi connectivity index (χ4v) is 1.65. The van der Waals surface area contributed by atoms with Crippen LogP contribution in [0.3, 0.4) is 0 Å². The monoisotopic (exact) mass is 253 g/mol. The van der Waals surface area contributed by atoms with E-state index < -0.39 is 0 Å². The summed E-state index contributed by atoms with van der Waals surface area (Å²) >= 11 is 0. The molecule has 2 aromatic carbocycles. The van der Waals surface area contributed by atoms with Crippen LogP contribution in [0.15, 0.2) is 53.5 Å². The lowest BCUT2D eigenvalue weighted by molar-refractivity contribution is 0.101. The van der Waals surface area contributed by atoms with Crippen molar-refractivity contribution in [3.05, 3.63) is 59.7 Å². The summed E-state index contributed by atoms with van der Waals surface area (Å²) in [6, 6.07) is 14.9. The predicted molar refractivity (Wildman–Crippen MR) is 76.7 cm³/mol. The number of rotatable bonds is 4. The summed E-state index contributed by atoms with van der Waals surface area (Å²) in [7, 11) is 1.64. The third kappa shape index (κ3) is 3.52. The van der Waals surface area contributed by atoms with Crippen LogP contribution in [0.5, 0.6) is 5.75 Å². The third-order valence-electron chi connectivity index (χ3n) is 2.73. The zero-order chi connectivity index (χ0) is 13.7. The van der Waals surface area contributed by atoms with Crippen molar-refractivity contribution in [1.29, 1.82) is 0 Å². The van der Waals surface area contributed by atoms with Crippen molar-refractivity contribution in [2.45, 2.75) is 6.92 Å². The molecular weight excluding hydrogens is 238 g/mol. The first-order valence-corrected chi connectivity index (χ1v) is 5.98. The van der Waals surface area contributed by atoms with Gasteiger partial charge in [-0.2, -0.15) is 0 Å². The largest absolute Gasteiger partial charge is 0.497 e. The maximum absolute atomic E-state index is 11.2. The highest BCUT2D eigenvalue weighted by Gasteiger charge is 1.97. The molecule has 0 fully saturated rings. The van der Waals surface area contributed by atoms with Crippen molar-refractivity contribution < 1.29 is 9.53 Å². The van der Waals surface area contributed by atoms with Crippen molar-refractivity contribution in [1.82, 2.24) is 0 Å². The lowest BCUT2D eigenvalue weighted by Crippen LogP contribution is -1.89. The molecule has 0 unspecified atom stereocenters. The topological polar surface area (TPSA) is 38.7 Å². The van der Waals surface area contributed by atoms with Gasteiger partial charge in [0.25, 0.3) is 0 Å². The summed E-state index contributed by atoms with van der Waals surface area (Å²) in [6.07, 6.45) is 1.77. The molecule has 0 aliphatic rings. The van der Waals surface area contributed by atoms with Crippen LogP contribution in [0.1, 0.15) is 22.8 Å². The molecule has 3 heteroatoms. The van der Waals surface area contributed by atoms with Crippen LogP contribution in [-0.4, -0.2) is 19.1 Å². The standard InChI is InChI=1S/C16H15NO2/c1-12(18)14-6-8-15(9-7-14)17-11-13-4-3-5-16(10-13)19-2/h3-11H,1-2H3. The van der Waals surface area contributed by atoms with Gasteiger partial charge in [0.1, 0.15) is 5.75 Å². The quantitative estimate of drug-likeness (QED) is 0.616. The van der Waals surface area contributed by atoms with Crippen molar-refractivity contribution in [3.8, 4) is 5.75 Å². The van der Waals surface area contributed by atoms with Crippen LogP contribution in [0.2, 0.25) is 0 Å². The van der Waals surface area contributed by atoms with Gasteiger partial charge in [-0.3, -0.25) is 9.79 Å². The van der Waals surface area contributed by atoms with Gasteiger partial charge in [-0.25, -0.2) is 0 Å². The number of benzene rings is 2. The SMILES string of the molecule is COc1cccc(C=Nc2ccc(C(C)=O)cc2)c1. The maximum atomic E-state index is 11.2. The summed E-state index contributed by atoms with van der Waals surface area (Å²) in [4.78, 5) is 15.5. The van der Waals surface area contributed by atoms with Crippen LogP contribution in [0.4, 0.5) is 5.69 Å². The van der Waals surface area contributed by atoms with Gasteiger partial charge in [0.2, 0.25) is 0 Å². The third-order valence-corrected chi connectivity index (χ3v) is 2.73. The van der Waals surface area contributed by atoms with E-state index in [1.807, 2.05) is 36.4 Å². The van der Waals surface area contributed by atoms with Crippen LogP contribution >= 0.6 is 0 Å². The van der Waals surface area contributed by atoms with Crippen LogP contribution < -0.4 is 4.74 Å². The number of Topliss-reactive ketones (excluding diaryl/α,β-unsaturated/α-hetero) is 1. The Labute approximate surface area is 112 Å². The van der Waals surface area contributed by atoms with E-state index in [2.05, 4.69) is 4.99 Å². The van der Waals surface area contributed by atoms with Gasteiger partial charge in [-0.05, 0) is 48.9 Å². The molecule has 0 radical (unpaired) electrons. The molecule has 96 valence electrons. The number of hydrogen-bond acceptors (Lipinski definition) is 3. The molecule has 0 bridgehead atoms. The minimum Gasteiger partial charge on any atom is -0.497 e. The fourth-order valence-electron chi connectivity index (χ4n) is 1.65. The number of ketones is 1. The molecule has 2 rings (SSSR count). The highest BCUT2D eigenvalue weighted by molar-refractivity contribution is 5.94. The van der Waals surface area contributed by atoms with Gasteiger partial charge in [0, 0.05) is 11.8 Å². The molecular formula is C16H15NO2. The van der Waals surface area contributed by atoms with Crippen LogP contribution in [0, 0.1) is 0 Å². The Morgan fingerprint density at radius 2 is 1.89 bits per heavy atom. The van der Waals surface area contributed by atoms with E-state index in [-0.39, 0.29) is 5.78 Å². The molecule has 0 saturated carbocycles. The highest BCUT2D eigenvalue weighted by Crippen LogP contribution is 2.15. The molecule has 0 aliphatic heterocycles. The van der Waals surface area contributed by atoms with Gasteiger partial charge in [-0.1, -0.05) is 12.1 Å². The smallest absolute Gasteiger partial charge is 0.159 e. The summed E-state index contributed by atoms with van der Waals surface area (Å²) < 4.78 is 5.15. The lowest BCUT2D eigenvalue weighted by Gasteiger charge is -2.00. The van der Waals surface area contributed by atoms with E-state index in [9.17, 15) is 4.79 Å². The molecule has 0 spiro atoms. The first kappa shape index (κ1) is 13.0. The number of aliphatic imine (C=N–C) groups is 1. The average molecular weight is 253 g/mol. The minimum atomic E-state index is 0.0586. The molecule has 19 heavy (non-hydrogen) atoms. The average Bonchev–Trinajstić information content (AvgIpc) is 2.46. The molecule has 0 saturated heterocycles. The molecule has 0 aliphatic carbocycles. The normalized spacial score (nSPS) is 10.6. The molecule has 3 nitrogen and oxygen atoms in total.